The normalized spacial score (nSPS) is 10.3. The molecule has 18 heavy (non-hydrogen) atoms. The highest BCUT2D eigenvalue weighted by atomic mass is 16.1. The van der Waals surface area contributed by atoms with Gasteiger partial charge in [-0.15, -0.1) is 0 Å². The first-order valence-corrected chi connectivity index (χ1v) is 5.72. The fourth-order valence-corrected chi connectivity index (χ4v) is 1.82. The maximum absolute atomic E-state index is 11.9. The molecule has 0 bridgehead atoms. The van der Waals surface area contributed by atoms with Gasteiger partial charge in [0, 0.05) is 22.6 Å². The number of aromatic amines is 1. The number of nitrogen functional groups attached to an aromatic ring is 1. The molecule has 5 nitrogen and oxygen atoms in total. The van der Waals surface area contributed by atoms with E-state index in [1.807, 2.05) is 19.9 Å². The zero-order valence-electron chi connectivity index (χ0n) is 10.4. The van der Waals surface area contributed by atoms with Crippen LogP contribution in [0.1, 0.15) is 17.0 Å². The van der Waals surface area contributed by atoms with Crippen LogP contribution in [-0.4, -0.2) is 16.1 Å². The number of aromatic nitrogens is 2. The molecule has 0 atom stereocenters. The minimum Gasteiger partial charge on any atom is -0.399 e. The third kappa shape index (κ3) is 2.68. The second-order valence-electron chi connectivity index (χ2n) is 4.26. The Morgan fingerprint density at radius 1 is 1.44 bits per heavy atom. The number of benzene rings is 1. The van der Waals surface area contributed by atoms with Crippen LogP contribution in [0.5, 0.6) is 0 Å². The van der Waals surface area contributed by atoms with E-state index in [4.69, 9.17) is 5.73 Å². The number of hydrogen-bond acceptors (Lipinski definition) is 3. The Bertz CT molecular complexity index is 555. The maximum atomic E-state index is 11.9. The van der Waals surface area contributed by atoms with E-state index in [9.17, 15) is 4.79 Å². The van der Waals surface area contributed by atoms with E-state index in [0.717, 1.165) is 17.0 Å². The number of nitrogens with two attached hydrogens (primary N) is 1. The molecule has 1 amide bonds. The van der Waals surface area contributed by atoms with Gasteiger partial charge in [-0.1, -0.05) is 6.07 Å². The Balaban J connectivity index is 2.06. The summed E-state index contributed by atoms with van der Waals surface area (Å²) in [5.41, 5.74) is 9.71. The molecule has 0 radical (unpaired) electrons. The predicted molar refractivity (Wildman–Crippen MR) is 71.2 cm³/mol. The molecule has 0 saturated heterocycles. The Hall–Kier alpha value is -2.30. The van der Waals surface area contributed by atoms with Crippen LogP contribution in [0.3, 0.4) is 0 Å². The molecular formula is C13H16N4O. The highest BCUT2D eigenvalue weighted by Gasteiger charge is 2.11. The van der Waals surface area contributed by atoms with Crippen molar-refractivity contribution in [3.05, 3.63) is 41.2 Å². The van der Waals surface area contributed by atoms with Gasteiger partial charge in [-0.05, 0) is 32.0 Å². The van der Waals surface area contributed by atoms with E-state index < -0.39 is 0 Å². The molecule has 94 valence electrons. The summed E-state index contributed by atoms with van der Waals surface area (Å²) in [6.45, 7) is 3.79. The first-order chi connectivity index (χ1) is 8.56. The number of nitrogens with zero attached hydrogens (tertiary/aromatic N) is 1. The van der Waals surface area contributed by atoms with Gasteiger partial charge in [-0.3, -0.25) is 9.89 Å². The maximum Gasteiger partial charge on any atom is 0.228 e. The van der Waals surface area contributed by atoms with Crippen LogP contribution in [0.15, 0.2) is 24.3 Å². The van der Waals surface area contributed by atoms with Crippen molar-refractivity contribution in [3.8, 4) is 0 Å². The lowest BCUT2D eigenvalue weighted by molar-refractivity contribution is -0.115. The molecule has 0 spiro atoms. The Morgan fingerprint density at radius 2 is 2.22 bits per heavy atom. The van der Waals surface area contributed by atoms with Gasteiger partial charge in [-0.25, -0.2) is 0 Å². The van der Waals surface area contributed by atoms with Crippen molar-refractivity contribution in [2.45, 2.75) is 20.3 Å². The minimum atomic E-state index is -0.0757. The molecule has 0 saturated carbocycles. The number of aryl methyl sites for hydroxylation is 2. The van der Waals surface area contributed by atoms with Gasteiger partial charge >= 0.3 is 0 Å². The van der Waals surface area contributed by atoms with E-state index in [1.165, 1.54) is 0 Å². The van der Waals surface area contributed by atoms with E-state index in [1.54, 1.807) is 18.2 Å². The van der Waals surface area contributed by atoms with Gasteiger partial charge in [0.15, 0.2) is 0 Å². The standard InChI is InChI=1S/C13H16N4O/c1-8-12(9(2)17-16-8)7-13(18)15-11-5-3-4-10(14)6-11/h3-6H,7,14H2,1-2H3,(H,15,18)(H,16,17). The smallest absolute Gasteiger partial charge is 0.228 e. The van der Waals surface area contributed by atoms with Crippen LogP contribution in [0.4, 0.5) is 11.4 Å². The monoisotopic (exact) mass is 244 g/mol. The SMILES string of the molecule is Cc1n[nH]c(C)c1CC(=O)Nc1cccc(N)c1. The first-order valence-electron chi connectivity index (χ1n) is 5.72. The second-order valence-corrected chi connectivity index (χ2v) is 4.26. The van der Waals surface area contributed by atoms with Crippen LogP contribution in [0.2, 0.25) is 0 Å². The molecule has 5 heteroatoms. The van der Waals surface area contributed by atoms with Crippen molar-refractivity contribution in [1.29, 1.82) is 0 Å². The van der Waals surface area contributed by atoms with Gasteiger partial charge in [0.25, 0.3) is 0 Å². The summed E-state index contributed by atoms with van der Waals surface area (Å²) in [6.07, 6.45) is 0.308. The lowest BCUT2D eigenvalue weighted by atomic mass is 10.1. The molecule has 0 aliphatic rings. The largest absolute Gasteiger partial charge is 0.399 e. The summed E-state index contributed by atoms with van der Waals surface area (Å²) in [5.74, 6) is -0.0757. The molecular weight excluding hydrogens is 228 g/mol. The van der Waals surface area contributed by atoms with Crippen LogP contribution in [-0.2, 0) is 11.2 Å². The summed E-state index contributed by atoms with van der Waals surface area (Å²) in [6, 6.07) is 7.12. The van der Waals surface area contributed by atoms with E-state index in [2.05, 4.69) is 15.5 Å². The topological polar surface area (TPSA) is 83.8 Å². The number of carbonyl (C=O) groups is 1. The molecule has 0 aliphatic carbocycles. The van der Waals surface area contributed by atoms with E-state index in [-0.39, 0.29) is 5.91 Å². The summed E-state index contributed by atoms with van der Waals surface area (Å²) in [4.78, 5) is 11.9. The molecule has 4 N–H and O–H groups in total. The van der Waals surface area contributed by atoms with Crippen LogP contribution in [0.25, 0.3) is 0 Å². The first kappa shape index (κ1) is 12.2. The number of anilines is 2. The molecule has 2 aromatic rings. The van der Waals surface area contributed by atoms with Gasteiger partial charge in [0.2, 0.25) is 5.91 Å². The van der Waals surface area contributed by atoms with Gasteiger partial charge in [-0.2, -0.15) is 5.10 Å². The Morgan fingerprint density at radius 3 is 2.83 bits per heavy atom. The number of rotatable bonds is 3. The van der Waals surface area contributed by atoms with Crippen molar-refractivity contribution in [3.63, 3.8) is 0 Å². The predicted octanol–water partition coefficient (Wildman–Crippen LogP) is 1.79. The van der Waals surface area contributed by atoms with Crippen molar-refractivity contribution in [2.75, 3.05) is 11.1 Å². The summed E-state index contributed by atoms with van der Waals surface area (Å²) < 4.78 is 0. The quantitative estimate of drug-likeness (QED) is 0.720. The number of hydrogen-bond donors (Lipinski definition) is 3. The van der Waals surface area contributed by atoms with E-state index in [0.29, 0.717) is 17.8 Å². The van der Waals surface area contributed by atoms with Gasteiger partial charge < -0.3 is 11.1 Å². The lowest BCUT2D eigenvalue weighted by Crippen LogP contribution is -2.15. The van der Waals surface area contributed by atoms with Crippen LogP contribution >= 0.6 is 0 Å². The number of amides is 1. The number of H-pyrrole nitrogens is 1. The van der Waals surface area contributed by atoms with Crippen molar-refractivity contribution in [2.24, 2.45) is 0 Å². The average molecular weight is 244 g/mol. The van der Waals surface area contributed by atoms with Gasteiger partial charge in [0.05, 0.1) is 12.1 Å². The minimum absolute atomic E-state index is 0.0757. The zero-order valence-corrected chi connectivity index (χ0v) is 10.4. The molecule has 0 fully saturated rings. The highest BCUT2D eigenvalue weighted by Crippen LogP contribution is 2.14. The molecule has 1 aromatic heterocycles. The zero-order chi connectivity index (χ0) is 13.1. The molecule has 0 aliphatic heterocycles. The summed E-state index contributed by atoms with van der Waals surface area (Å²) >= 11 is 0. The molecule has 2 rings (SSSR count). The van der Waals surface area contributed by atoms with Crippen LogP contribution in [0, 0.1) is 13.8 Å². The fraction of sp³-hybridized carbons (Fsp3) is 0.231. The Labute approximate surface area is 105 Å². The third-order valence-electron chi connectivity index (χ3n) is 2.79. The third-order valence-corrected chi connectivity index (χ3v) is 2.79. The van der Waals surface area contributed by atoms with Crippen molar-refractivity contribution in [1.82, 2.24) is 10.2 Å². The molecule has 1 heterocycles. The van der Waals surface area contributed by atoms with Crippen molar-refractivity contribution < 1.29 is 4.79 Å². The summed E-state index contributed by atoms with van der Waals surface area (Å²) in [7, 11) is 0. The fourth-order valence-electron chi connectivity index (χ4n) is 1.82. The highest BCUT2D eigenvalue weighted by molar-refractivity contribution is 5.92. The van der Waals surface area contributed by atoms with E-state index >= 15 is 0 Å². The number of nitrogens with one attached hydrogen (secondary N) is 2. The number of carbonyl (C=O) groups excluding carboxylic acids is 1. The van der Waals surface area contributed by atoms with Crippen LogP contribution < -0.4 is 11.1 Å². The Kier molecular flexibility index (Phi) is 3.32. The molecule has 1 aromatic carbocycles. The van der Waals surface area contributed by atoms with Crippen molar-refractivity contribution >= 4 is 17.3 Å². The molecule has 0 unspecified atom stereocenters. The summed E-state index contributed by atoms with van der Waals surface area (Å²) in [5, 5.41) is 9.75. The second kappa shape index (κ2) is 4.91. The average Bonchev–Trinajstić information content (AvgIpc) is 2.61. The lowest BCUT2D eigenvalue weighted by Gasteiger charge is -2.06. The van der Waals surface area contributed by atoms with Gasteiger partial charge in [0.1, 0.15) is 0 Å².